The Kier molecular flexibility index (Phi) is 5.06. The number of hydrogen-bond donors (Lipinski definition) is 1. The van der Waals surface area contributed by atoms with E-state index in [2.05, 4.69) is 5.32 Å². The van der Waals surface area contributed by atoms with Crippen molar-refractivity contribution in [1.82, 2.24) is 10.2 Å². The third-order valence-electron chi connectivity index (χ3n) is 2.63. The predicted molar refractivity (Wildman–Crippen MR) is 62.2 cm³/mol. The molecule has 2 heterocycles. The minimum atomic E-state index is 0. The summed E-state index contributed by atoms with van der Waals surface area (Å²) < 4.78 is 0. The number of piperazine rings is 1. The van der Waals surface area contributed by atoms with Crippen LogP contribution in [-0.4, -0.2) is 48.0 Å². The van der Waals surface area contributed by atoms with Crippen LogP contribution in [0.25, 0.3) is 0 Å². The highest BCUT2D eigenvalue weighted by atomic mass is 35.5. The Balaban J connectivity index is 0.000000980. The second kappa shape index (κ2) is 5.83. The van der Waals surface area contributed by atoms with Crippen LogP contribution in [0, 0.1) is 0 Å². The van der Waals surface area contributed by atoms with Crippen molar-refractivity contribution in [1.29, 1.82) is 0 Å². The highest BCUT2D eigenvalue weighted by molar-refractivity contribution is 8.00. The van der Waals surface area contributed by atoms with E-state index in [1.807, 2.05) is 16.7 Å². The number of rotatable bonds is 1. The summed E-state index contributed by atoms with van der Waals surface area (Å²) in [5, 5.41) is 3.54. The molecule has 14 heavy (non-hydrogen) atoms. The first-order valence-corrected chi connectivity index (χ1v) is 6.04. The van der Waals surface area contributed by atoms with Gasteiger partial charge in [-0.25, -0.2) is 0 Å². The Morgan fingerprint density at radius 2 is 2.07 bits per heavy atom. The molecule has 0 aromatic carbocycles. The molecule has 1 unspecified atom stereocenters. The van der Waals surface area contributed by atoms with Crippen molar-refractivity contribution in [2.75, 3.05) is 31.9 Å². The molecular formula is C9H17ClN2OS. The van der Waals surface area contributed by atoms with E-state index >= 15 is 0 Å². The van der Waals surface area contributed by atoms with Crippen molar-refractivity contribution in [2.24, 2.45) is 0 Å². The zero-order valence-electron chi connectivity index (χ0n) is 8.20. The molecule has 1 atom stereocenters. The molecule has 1 N–H and O–H groups in total. The van der Waals surface area contributed by atoms with Crippen LogP contribution in [0.3, 0.4) is 0 Å². The molecule has 2 fully saturated rings. The molecule has 82 valence electrons. The summed E-state index contributed by atoms with van der Waals surface area (Å²) in [6, 6.07) is 0. The van der Waals surface area contributed by atoms with Gasteiger partial charge in [-0.15, -0.1) is 24.2 Å². The lowest BCUT2D eigenvalue weighted by molar-refractivity contribution is -0.131. The molecule has 0 saturated carbocycles. The normalized spacial score (nSPS) is 27.1. The lowest BCUT2D eigenvalue weighted by Crippen LogP contribution is -2.48. The summed E-state index contributed by atoms with van der Waals surface area (Å²) >= 11 is 1.83. The smallest absolute Gasteiger partial charge is 0.235 e. The molecule has 1 amide bonds. The van der Waals surface area contributed by atoms with Gasteiger partial charge in [-0.1, -0.05) is 0 Å². The van der Waals surface area contributed by atoms with Gasteiger partial charge in [0.1, 0.15) is 0 Å². The molecule has 0 spiro atoms. The van der Waals surface area contributed by atoms with Gasteiger partial charge in [0.15, 0.2) is 0 Å². The van der Waals surface area contributed by atoms with Crippen LogP contribution >= 0.6 is 24.2 Å². The quantitative estimate of drug-likeness (QED) is 0.729. The maximum absolute atomic E-state index is 11.9. The van der Waals surface area contributed by atoms with E-state index in [1.165, 1.54) is 12.2 Å². The fraction of sp³-hybridized carbons (Fsp3) is 0.889. The van der Waals surface area contributed by atoms with Crippen LogP contribution in [0.1, 0.15) is 12.8 Å². The van der Waals surface area contributed by atoms with Crippen LogP contribution in [0.15, 0.2) is 0 Å². The maximum atomic E-state index is 11.9. The SMILES string of the molecule is Cl.O=C(C1CCCS1)N1CCNCC1. The predicted octanol–water partition coefficient (Wildman–Crippen LogP) is 0.736. The lowest BCUT2D eigenvalue weighted by Gasteiger charge is -2.29. The summed E-state index contributed by atoms with van der Waals surface area (Å²) in [4.78, 5) is 13.9. The van der Waals surface area contributed by atoms with E-state index in [9.17, 15) is 4.79 Å². The number of halogens is 1. The summed E-state index contributed by atoms with van der Waals surface area (Å²) in [6.45, 7) is 3.72. The molecule has 5 heteroatoms. The van der Waals surface area contributed by atoms with Crippen molar-refractivity contribution in [3.8, 4) is 0 Å². The van der Waals surface area contributed by atoms with E-state index in [0.29, 0.717) is 5.91 Å². The molecule has 3 nitrogen and oxygen atoms in total. The van der Waals surface area contributed by atoms with Gasteiger partial charge < -0.3 is 10.2 Å². The fourth-order valence-corrected chi connectivity index (χ4v) is 3.10. The minimum Gasteiger partial charge on any atom is -0.339 e. The molecule has 0 aromatic heterocycles. The van der Waals surface area contributed by atoms with Gasteiger partial charge in [-0.3, -0.25) is 4.79 Å². The van der Waals surface area contributed by atoms with Crippen LogP contribution in [0.5, 0.6) is 0 Å². The highest BCUT2D eigenvalue weighted by Gasteiger charge is 2.28. The number of nitrogens with one attached hydrogen (secondary N) is 1. The second-order valence-electron chi connectivity index (χ2n) is 3.58. The number of amides is 1. The largest absolute Gasteiger partial charge is 0.339 e. The van der Waals surface area contributed by atoms with Crippen molar-refractivity contribution >= 4 is 30.1 Å². The van der Waals surface area contributed by atoms with Gasteiger partial charge >= 0.3 is 0 Å². The first-order valence-electron chi connectivity index (χ1n) is 4.99. The Morgan fingerprint density at radius 3 is 2.64 bits per heavy atom. The number of nitrogens with zero attached hydrogens (tertiary/aromatic N) is 1. The van der Waals surface area contributed by atoms with Gasteiger partial charge in [-0.2, -0.15) is 0 Å². The van der Waals surface area contributed by atoms with Crippen LogP contribution in [-0.2, 0) is 4.79 Å². The molecule has 0 radical (unpaired) electrons. The van der Waals surface area contributed by atoms with E-state index in [0.717, 1.165) is 32.6 Å². The Hall–Kier alpha value is 0.0700. The van der Waals surface area contributed by atoms with Crippen LogP contribution < -0.4 is 5.32 Å². The summed E-state index contributed by atoms with van der Waals surface area (Å²) in [5.41, 5.74) is 0. The Labute approximate surface area is 95.4 Å². The second-order valence-corrected chi connectivity index (χ2v) is 4.89. The molecule has 0 aliphatic carbocycles. The van der Waals surface area contributed by atoms with Crippen LogP contribution in [0.4, 0.5) is 0 Å². The molecule has 0 bridgehead atoms. The number of carbonyl (C=O) groups is 1. The highest BCUT2D eigenvalue weighted by Crippen LogP contribution is 2.27. The van der Waals surface area contributed by atoms with Crippen LogP contribution in [0.2, 0.25) is 0 Å². The van der Waals surface area contributed by atoms with E-state index < -0.39 is 0 Å². The summed E-state index contributed by atoms with van der Waals surface area (Å²) in [6.07, 6.45) is 2.31. The first kappa shape index (κ1) is 12.1. The standard InChI is InChI=1S/C9H16N2OS.ClH/c12-9(8-2-1-7-13-8)11-5-3-10-4-6-11;/h8,10H,1-7H2;1H. The molecule has 2 rings (SSSR count). The van der Waals surface area contributed by atoms with Gasteiger partial charge in [0.25, 0.3) is 0 Å². The van der Waals surface area contributed by atoms with Crippen molar-refractivity contribution in [3.63, 3.8) is 0 Å². The zero-order valence-corrected chi connectivity index (χ0v) is 9.83. The number of hydrogen-bond acceptors (Lipinski definition) is 3. The Morgan fingerprint density at radius 1 is 1.36 bits per heavy atom. The lowest BCUT2D eigenvalue weighted by atomic mass is 10.2. The third-order valence-corrected chi connectivity index (χ3v) is 4.00. The van der Waals surface area contributed by atoms with E-state index in [1.54, 1.807) is 0 Å². The van der Waals surface area contributed by atoms with Gasteiger partial charge in [0, 0.05) is 26.2 Å². The third kappa shape index (κ3) is 2.78. The van der Waals surface area contributed by atoms with Gasteiger partial charge in [0.05, 0.1) is 5.25 Å². The van der Waals surface area contributed by atoms with E-state index in [4.69, 9.17) is 0 Å². The Bertz CT molecular complexity index is 191. The van der Waals surface area contributed by atoms with Crippen molar-refractivity contribution < 1.29 is 4.79 Å². The average molecular weight is 237 g/mol. The first-order chi connectivity index (χ1) is 6.38. The van der Waals surface area contributed by atoms with Gasteiger partial charge in [-0.05, 0) is 18.6 Å². The summed E-state index contributed by atoms with van der Waals surface area (Å²) in [5.74, 6) is 1.55. The zero-order chi connectivity index (χ0) is 9.10. The van der Waals surface area contributed by atoms with Crippen molar-refractivity contribution in [2.45, 2.75) is 18.1 Å². The molecule has 2 saturated heterocycles. The average Bonchev–Trinajstić information content (AvgIpc) is 2.71. The number of carbonyl (C=O) groups excluding carboxylic acids is 1. The minimum absolute atomic E-state index is 0. The molecule has 2 aliphatic rings. The van der Waals surface area contributed by atoms with Crippen molar-refractivity contribution in [3.05, 3.63) is 0 Å². The topological polar surface area (TPSA) is 32.3 Å². The fourth-order valence-electron chi connectivity index (χ4n) is 1.86. The maximum Gasteiger partial charge on any atom is 0.235 e. The monoisotopic (exact) mass is 236 g/mol. The van der Waals surface area contributed by atoms with E-state index in [-0.39, 0.29) is 17.7 Å². The number of thioether (sulfide) groups is 1. The molecule has 2 aliphatic heterocycles. The molecular weight excluding hydrogens is 220 g/mol. The molecule has 0 aromatic rings. The van der Waals surface area contributed by atoms with Gasteiger partial charge in [0.2, 0.25) is 5.91 Å². The summed E-state index contributed by atoms with van der Waals surface area (Å²) in [7, 11) is 0.